The van der Waals surface area contributed by atoms with Crippen molar-refractivity contribution in [2.24, 2.45) is 7.05 Å². The van der Waals surface area contributed by atoms with Gasteiger partial charge in [-0.1, -0.05) is 12.1 Å². The average molecular weight is 272 g/mol. The second-order valence-corrected chi connectivity index (χ2v) is 4.26. The predicted octanol–water partition coefficient (Wildman–Crippen LogP) is 1.13. The lowest BCUT2D eigenvalue weighted by molar-refractivity contribution is -0.384. The van der Waals surface area contributed by atoms with Crippen molar-refractivity contribution in [1.82, 2.24) is 9.78 Å². The van der Waals surface area contributed by atoms with Crippen LogP contribution in [0.4, 0.5) is 11.5 Å². The zero-order chi connectivity index (χ0) is 14.4. The van der Waals surface area contributed by atoms with Crippen LogP contribution in [0.1, 0.15) is 20.7 Å². The van der Waals surface area contributed by atoms with Crippen molar-refractivity contribution >= 4 is 23.3 Å². The number of anilines is 1. The van der Waals surface area contributed by atoms with Crippen LogP contribution in [0.3, 0.4) is 0 Å². The highest BCUT2D eigenvalue weighted by Gasteiger charge is 2.41. The minimum absolute atomic E-state index is 0.220. The lowest BCUT2D eigenvalue weighted by Gasteiger charge is -2.09. The minimum atomic E-state index is -0.675. The Kier molecular flexibility index (Phi) is 2.40. The molecule has 100 valence electrons. The number of imide groups is 1. The van der Waals surface area contributed by atoms with Gasteiger partial charge in [0.05, 0.1) is 16.1 Å². The van der Waals surface area contributed by atoms with Crippen LogP contribution >= 0.6 is 0 Å². The van der Waals surface area contributed by atoms with Crippen molar-refractivity contribution in [2.45, 2.75) is 0 Å². The molecule has 0 saturated heterocycles. The molecule has 0 aliphatic carbocycles. The van der Waals surface area contributed by atoms with Crippen LogP contribution in [0.5, 0.6) is 0 Å². The van der Waals surface area contributed by atoms with E-state index in [9.17, 15) is 19.7 Å². The normalized spacial score (nSPS) is 13.8. The molecule has 1 aromatic heterocycles. The molecule has 1 aromatic carbocycles. The number of carbonyl (C=O) groups is 2. The Morgan fingerprint density at radius 2 is 1.70 bits per heavy atom. The van der Waals surface area contributed by atoms with Crippen LogP contribution in [0.15, 0.2) is 30.5 Å². The summed E-state index contributed by atoms with van der Waals surface area (Å²) in [6.45, 7) is 0. The highest BCUT2D eigenvalue weighted by atomic mass is 16.6. The van der Waals surface area contributed by atoms with Crippen molar-refractivity contribution in [1.29, 1.82) is 0 Å². The molecule has 2 amide bonds. The third-order valence-corrected chi connectivity index (χ3v) is 2.99. The lowest BCUT2D eigenvalue weighted by atomic mass is 10.1. The van der Waals surface area contributed by atoms with Gasteiger partial charge in [0.1, 0.15) is 6.20 Å². The Hall–Kier alpha value is -3.03. The molecular weight excluding hydrogens is 264 g/mol. The third-order valence-electron chi connectivity index (χ3n) is 2.99. The number of benzene rings is 1. The number of carbonyl (C=O) groups excluding carboxylic acids is 2. The summed E-state index contributed by atoms with van der Waals surface area (Å²) in [4.78, 5) is 35.5. The highest BCUT2D eigenvalue weighted by Crippen LogP contribution is 2.32. The molecule has 0 spiro atoms. The molecule has 3 rings (SSSR count). The number of fused-ring (bicyclic) bond motifs is 1. The number of rotatable bonds is 2. The summed E-state index contributed by atoms with van der Waals surface area (Å²) < 4.78 is 1.19. The van der Waals surface area contributed by atoms with E-state index in [1.165, 1.54) is 23.9 Å². The maximum atomic E-state index is 12.2. The molecule has 0 fully saturated rings. The summed E-state index contributed by atoms with van der Waals surface area (Å²) in [5.41, 5.74) is 0.0527. The second-order valence-electron chi connectivity index (χ2n) is 4.26. The van der Waals surface area contributed by atoms with Gasteiger partial charge in [-0.25, -0.2) is 4.90 Å². The molecule has 0 bridgehead atoms. The maximum Gasteiger partial charge on any atom is 0.331 e. The fraction of sp³-hybridized carbons (Fsp3) is 0.0833. The summed E-state index contributed by atoms with van der Waals surface area (Å²) >= 11 is 0. The zero-order valence-corrected chi connectivity index (χ0v) is 10.3. The number of aromatic nitrogens is 2. The molecule has 2 heterocycles. The number of hydrogen-bond donors (Lipinski definition) is 0. The Balaban J connectivity index is 2.17. The first kappa shape index (κ1) is 12.0. The van der Waals surface area contributed by atoms with Gasteiger partial charge in [-0.2, -0.15) is 0 Å². The molecular formula is C12H8N4O4. The Labute approximate surface area is 112 Å². The second kappa shape index (κ2) is 3.98. The van der Waals surface area contributed by atoms with E-state index in [4.69, 9.17) is 0 Å². The molecule has 0 atom stereocenters. The van der Waals surface area contributed by atoms with Gasteiger partial charge in [0.15, 0.2) is 0 Å². The first-order valence-corrected chi connectivity index (χ1v) is 5.66. The summed E-state index contributed by atoms with van der Waals surface area (Å²) in [6.07, 6.45) is 1.15. The topological polar surface area (TPSA) is 98.3 Å². The van der Waals surface area contributed by atoms with Gasteiger partial charge in [-0.05, 0) is 12.1 Å². The smallest absolute Gasteiger partial charge is 0.268 e. The van der Waals surface area contributed by atoms with Gasteiger partial charge in [-0.15, -0.1) is 5.10 Å². The number of nitro groups is 1. The quantitative estimate of drug-likeness (QED) is 0.463. The van der Waals surface area contributed by atoms with E-state index >= 15 is 0 Å². The Morgan fingerprint density at radius 1 is 1.15 bits per heavy atom. The molecule has 1 aliphatic heterocycles. The molecule has 0 unspecified atom stereocenters. The van der Waals surface area contributed by atoms with Gasteiger partial charge >= 0.3 is 5.69 Å². The van der Waals surface area contributed by atoms with Gasteiger partial charge in [-0.3, -0.25) is 24.4 Å². The van der Waals surface area contributed by atoms with Crippen LogP contribution in [0, 0.1) is 10.1 Å². The van der Waals surface area contributed by atoms with Crippen LogP contribution in [0.2, 0.25) is 0 Å². The van der Waals surface area contributed by atoms with Crippen molar-refractivity contribution in [3.05, 3.63) is 51.7 Å². The molecule has 0 radical (unpaired) electrons. The summed E-state index contributed by atoms with van der Waals surface area (Å²) in [7, 11) is 1.48. The average Bonchev–Trinajstić information content (AvgIpc) is 2.90. The van der Waals surface area contributed by atoms with Crippen molar-refractivity contribution in [3.8, 4) is 0 Å². The van der Waals surface area contributed by atoms with Crippen molar-refractivity contribution in [2.75, 3.05) is 4.90 Å². The molecule has 8 heteroatoms. The summed E-state index contributed by atoms with van der Waals surface area (Å²) in [5.74, 6) is -1.47. The number of aryl methyl sites for hydroxylation is 1. The van der Waals surface area contributed by atoms with Crippen LogP contribution in [0.25, 0.3) is 0 Å². The first-order valence-electron chi connectivity index (χ1n) is 5.66. The summed E-state index contributed by atoms with van der Waals surface area (Å²) in [5, 5.41) is 14.8. The first-order chi connectivity index (χ1) is 9.50. The van der Waals surface area contributed by atoms with E-state index < -0.39 is 16.7 Å². The van der Waals surface area contributed by atoms with E-state index in [0.717, 1.165) is 11.1 Å². The highest BCUT2D eigenvalue weighted by molar-refractivity contribution is 6.34. The molecule has 8 nitrogen and oxygen atoms in total. The van der Waals surface area contributed by atoms with E-state index in [0.29, 0.717) is 0 Å². The van der Waals surface area contributed by atoms with E-state index in [1.54, 1.807) is 12.1 Å². The number of amides is 2. The van der Waals surface area contributed by atoms with Gasteiger partial charge in [0.25, 0.3) is 11.8 Å². The zero-order valence-electron chi connectivity index (χ0n) is 10.3. The van der Waals surface area contributed by atoms with Crippen molar-refractivity contribution < 1.29 is 14.5 Å². The number of nitrogens with zero attached hydrogens (tertiary/aromatic N) is 4. The minimum Gasteiger partial charge on any atom is -0.268 e. The molecule has 1 aliphatic rings. The largest absolute Gasteiger partial charge is 0.331 e. The predicted molar refractivity (Wildman–Crippen MR) is 67.4 cm³/mol. The fourth-order valence-corrected chi connectivity index (χ4v) is 2.13. The standard InChI is InChI=1S/C12H8N4O4/c1-14-6-9(16(19)20)10(13-14)15-11(17)7-4-2-3-5-8(7)12(15)18/h2-6H,1H3. The maximum absolute atomic E-state index is 12.2. The van der Waals surface area contributed by atoms with E-state index in [-0.39, 0.29) is 22.6 Å². The van der Waals surface area contributed by atoms with Gasteiger partial charge in [0, 0.05) is 7.05 Å². The lowest BCUT2D eigenvalue weighted by Crippen LogP contribution is -2.30. The van der Waals surface area contributed by atoms with E-state index in [1.807, 2.05) is 0 Å². The van der Waals surface area contributed by atoms with Crippen LogP contribution in [-0.4, -0.2) is 26.5 Å². The molecule has 0 saturated carbocycles. The monoisotopic (exact) mass is 272 g/mol. The van der Waals surface area contributed by atoms with Crippen LogP contribution in [-0.2, 0) is 7.05 Å². The summed E-state index contributed by atoms with van der Waals surface area (Å²) in [6, 6.07) is 6.26. The molecule has 2 aromatic rings. The van der Waals surface area contributed by atoms with Crippen molar-refractivity contribution in [3.63, 3.8) is 0 Å². The third kappa shape index (κ3) is 1.51. The van der Waals surface area contributed by atoms with E-state index in [2.05, 4.69) is 5.10 Å². The van der Waals surface area contributed by atoms with Crippen LogP contribution < -0.4 is 4.90 Å². The van der Waals surface area contributed by atoms with Gasteiger partial charge in [0.2, 0.25) is 5.82 Å². The number of hydrogen-bond acceptors (Lipinski definition) is 5. The Morgan fingerprint density at radius 3 is 2.20 bits per heavy atom. The fourth-order valence-electron chi connectivity index (χ4n) is 2.13. The SMILES string of the molecule is Cn1cc([N+](=O)[O-])c(N2C(=O)c3ccccc3C2=O)n1. The van der Waals surface area contributed by atoms with Gasteiger partial charge < -0.3 is 0 Å². The Bertz CT molecular complexity index is 730. The molecule has 0 N–H and O–H groups in total. The molecule has 20 heavy (non-hydrogen) atoms.